The van der Waals surface area contributed by atoms with E-state index in [1.54, 1.807) is 0 Å². The highest BCUT2D eigenvalue weighted by Gasteiger charge is 2.21. The molecule has 1 N–H and O–H groups in total. The normalized spacial score (nSPS) is 11.5. The number of anilines is 1. The molecule has 1 aromatic carbocycles. The van der Waals surface area contributed by atoms with Gasteiger partial charge >= 0.3 is 0 Å². The number of nitro benzene ring substituents is 1. The Labute approximate surface area is 136 Å². The smallest absolute Gasteiger partial charge is 0.293 e. The number of nitrogens with one attached hydrogen (secondary N) is 1. The van der Waals surface area contributed by atoms with Gasteiger partial charge in [0, 0.05) is 12.6 Å². The third-order valence-electron chi connectivity index (χ3n) is 3.45. The standard InChI is InChI=1S/C15H22Cl2N2O2/c1-4-5-6-7-15(2,3)10-18-13-8-11(16)12(17)9-14(13)19(20)21/h8-9,18H,4-7,10H2,1-3H3. The van der Waals surface area contributed by atoms with Gasteiger partial charge in [0.25, 0.3) is 5.69 Å². The molecular formula is C15H22Cl2N2O2. The fraction of sp³-hybridized carbons (Fsp3) is 0.600. The molecule has 6 heteroatoms. The minimum absolute atomic E-state index is 0.0474. The van der Waals surface area contributed by atoms with Gasteiger partial charge in [-0.15, -0.1) is 0 Å². The van der Waals surface area contributed by atoms with E-state index in [-0.39, 0.29) is 16.1 Å². The van der Waals surface area contributed by atoms with E-state index in [1.165, 1.54) is 25.0 Å². The van der Waals surface area contributed by atoms with Gasteiger partial charge in [-0.3, -0.25) is 10.1 Å². The van der Waals surface area contributed by atoms with Gasteiger partial charge in [0.05, 0.1) is 15.0 Å². The summed E-state index contributed by atoms with van der Waals surface area (Å²) in [6, 6.07) is 2.81. The van der Waals surface area contributed by atoms with Crippen LogP contribution in [0.1, 0.15) is 46.5 Å². The van der Waals surface area contributed by atoms with Crippen molar-refractivity contribution in [2.45, 2.75) is 46.5 Å². The van der Waals surface area contributed by atoms with Crippen molar-refractivity contribution >= 4 is 34.6 Å². The number of halogens is 2. The first-order chi connectivity index (χ1) is 9.76. The summed E-state index contributed by atoms with van der Waals surface area (Å²) >= 11 is 11.8. The number of unbranched alkanes of at least 4 members (excludes halogenated alkanes) is 2. The van der Waals surface area contributed by atoms with Crippen LogP contribution in [0.25, 0.3) is 0 Å². The molecule has 0 fully saturated rings. The molecular weight excluding hydrogens is 311 g/mol. The summed E-state index contributed by atoms with van der Waals surface area (Å²) < 4.78 is 0. The molecule has 4 nitrogen and oxygen atoms in total. The predicted octanol–water partition coefficient (Wildman–Crippen LogP) is 5.92. The van der Waals surface area contributed by atoms with Crippen molar-refractivity contribution in [1.29, 1.82) is 0 Å². The lowest BCUT2D eigenvalue weighted by Gasteiger charge is -2.25. The summed E-state index contributed by atoms with van der Waals surface area (Å²) in [5.74, 6) is 0. The van der Waals surface area contributed by atoms with E-state index in [0.717, 1.165) is 12.8 Å². The molecule has 118 valence electrons. The van der Waals surface area contributed by atoms with Gasteiger partial charge in [-0.05, 0) is 17.9 Å². The van der Waals surface area contributed by atoms with Crippen molar-refractivity contribution in [3.05, 3.63) is 32.3 Å². The van der Waals surface area contributed by atoms with E-state index >= 15 is 0 Å². The summed E-state index contributed by atoms with van der Waals surface area (Å²) in [5.41, 5.74) is 0.432. The van der Waals surface area contributed by atoms with Crippen molar-refractivity contribution in [2.75, 3.05) is 11.9 Å². The average molecular weight is 333 g/mol. The Hall–Kier alpha value is -1.00. The minimum Gasteiger partial charge on any atom is -0.379 e. The van der Waals surface area contributed by atoms with Crippen molar-refractivity contribution in [3.63, 3.8) is 0 Å². The van der Waals surface area contributed by atoms with Crippen LogP contribution in [0.4, 0.5) is 11.4 Å². The number of hydrogen-bond acceptors (Lipinski definition) is 3. The summed E-state index contributed by atoms with van der Waals surface area (Å²) in [4.78, 5) is 10.6. The second-order valence-electron chi connectivity index (χ2n) is 6.02. The summed E-state index contributed by atoms with van der Waals surface area (Å²) in [6.07, 6.45) is 4.62. The largest absolute Gasteiger partial charge is 0.379 e. The highest BCUT2D eigenvalue weighted by atomic mass is 35.5. The molecule has 0 atom stereocenters. The van der Waals surface area contributed by atoms with Gasteiger partial charge in [-0.1, -0.05) is 63.2 Å². The van der Waals surface area contributed by atoms with E-state index in [4.69, 9.17) is 23.2 Å². The molecule has 0 radical (unpaired) electrons. The molecule has 0 heterocycles. The topological polar surface area (TPSA) is 55.2 Å². The zero-order valence-electron chi connectivity index (χ0n) is 12.7. The summed E-state index contributed by atoms with van der Waals surface area (Å²) in [6.45, 7) is 7.12. The quantitative estimate of drug-likeness (QED) is 0.365. The van der Waals surface area contributed by atoms with Gasteiger partial charge in [0.15, 0.2) is 0 Å². The maximum Gasteiger partial charge on any atom is 0.293 e. The van der Waals surface area contributed by atoms with Crippen molar-refractivity contribution in [2.24, 2.45) is 5.41 Å². The molecule has 0 aromatic heterocycles. The molecule has 0 spiro atoms. The third-order valence-corrected chi connectivity index (χ3v) is 4.17. The Bertz CT molecular complexity index is 505. The Morgan fingerprint density at radius 2 is 1.86 bits per heavy atom. The molecule has 0 aliphatic rings. The number of nitrogens with zero attached hydrogens (tertiary/aromatic N) is 1. The van der Waals surface area contributed by atoms with E-state index < -0.39 is 4.92 Å². The second-order valence-corrected chi connectivity index (χ2v) is 6.83. The molecule has 0 aliphatic heterocycles. The molecule has 21 heavy (non-hydrogen) atoms. The Morgan fingerprint density at radius 3 is 2.43 bits per heavy atom. The number of nitro groups is 1. The van der Waals surface area contributed by atoms with Crippen molar-refractivity contribution < 1.29 is 4.92 Å². The zero-order valence-corrected chi connectivity index (χ0v) is 14.2. The molecule has 1 rings (SSSR count). The molecule has 0 unspecified atom stereocenters. The first-order valence-corrected chi connectivity index (χ1v) is 7.90. The average Bonchev–Trinajstić information content (AvgIpc) is 2.39. The Balaban J connectivity index is 2.78. The van der Waals surface area contributed by atoms with Gasteiger partial charge in [0.1, 0.15) is 5.69 Å². The monoisotopic (exact) mass is 332 g/mol. The lowest BCUT2D eigenvalue weighted by molar-refractivity contribution is -0.383. The van der Waals surface area contributed by atoms with E-state index in [1.807, 2.05) is 0 Å². The molecule has 0 bridgehead atoms. The molecule has 0 amide bonds. The van der Waals surface area contributed by atoms with Crippen LogP contribution in [-0.2, 0) is 0 Å². The summed E-state index contributed by atoms with van der Waals surface area (Å²) in [5, 5.41) is 14.7. The van der Waals surface area contributed by atoms with Crippen LogP contribution in [0.5, 0.6) is 0 Å². The second kappa shape index (κ2) is 7.85. The molecule has 0 aliphatic carbocycles. The van der Waals surface area contributed by atoms with Crippen LogP contribution in [0.3, 0.4) is 0 Å². The van der Waals surface area contributed by atoms with E-state index in [0.29, 0.717) is 17.3 Å². The van der Waals surface area contributed by atoms with E-state index in [2.05, 4.69) is 26.1 Å². The van der Waals surface area contributed by atoms with Crippen LogP contribution in [-0.4, -0.2) is 11.5 Å². The van der Waals surface area contributed by atoms with Gasteiger partial charge in [-0.2, -0.15) is 0 Å². The molecule has 1 aromatic rings. The first-order valence-electron chi connectivity index (χ1n) is 7.14. The SMILES string of the molecule is CCCCCC(C)(C)CNc1cc(Cl)c(Cl)cc1[N+](=O)[O-]. The third kappa shape index (κ3) is 5.71. The van der Waals surface area contributed by atoms with Crippen LogP contribution < -0.4 is 5.32 Å². The Morgan fingerprint density at radius 1 is 1.24 bits per heavy atom. The van der Waals surface area contributed by atoms with Gasteiger partial charge < -0.3 is 5.32 Å². The molecule has 0 saturated heterocycles. The number of hydrogen-bond donors (Lipinski definition) is 1. The van der Waals surface area contributed by atoms with Crippen LogP contribution in [0.2, 0.25) is 10.0 Å². The zero-order chi connectivity index (χ0) is 16.0. The first kappa shape index (κ1) is 18.1. The highest BCUT2D eigenvalue weighted by molar-refractivity contribution is 6.42. The van der Waals surface area contributed by atoms with Crippen LogP contribution in [0, 0.1) is 15.5 Å². The van der Waals surface area contributed by atoms with Crippen LogP contribution >= 0.6 is 23.2 Å². The fourth-order valence-electron chi connectivity index (χ4n) is 2.11. The van der Waals surface area contributed by atoms with Crippen molar-refractivity contribution in [1.82, 2.24) is 0 Å². The Kier molecular flexibility index (Phi) is 6.75. The minimum atomic E-state index is -0.450. The van der Waals surface area contributed by atoms with Crippen LogP contribution in [0.15, 0.2) is 12.1 Å². The summed E-state index contributed by atoms with van der Waals surface area (Å²) in [7, 11) is 0. The van der Waals surface area contributed by atoms with Crippen molar-refractivity contribution in [3.8, 4) is 0 Å². The maximum atomic E-state index is 11.1. The maximum absolute atomic E-state index is 11.1. The predicted molar refractivity (Wildman–Crippen MR) is 89.5 cm³/mol. The number of benzene rings is 1. The highest BCUT2D eigenvalue weighted by Crippen LogP contribution is 2.35. The van der Waals surface area contributed by atoms with Gasteiger partial charge in [0.2, 0.25) is 0 Å². The van der Waals surface area contributed by atoms with Gasteiger partial charge in [-0.25, -0.2) is 0 Å². The lowest BCUT2D eigenvalue weighted by Crippen LogP contribution is -2.23. The molecule has 0 saturated carbocycles. The lowest BCUT2D eigenvalue weighted by atomic mass is 9.87. The van der Waals surface area contributed by atoms with E-state index in [9.17, 15) is 10.1 Å². The fourth-order valence-corrected chi connectivity index (χ4v) is 2.43. The number of rotatable bonds is 8.